The van der Waals surface area contributed by atoms with Gasteiger partial charge >= 0.3 is 0 Å². The molecule has 34 heavy (non-hydrogen) atoms. The van der Waals surface area contributed by atoms with Gasteiger partial charge in [0.2, 0.25) is 23.6 Å². The molecule has 1 aliphatic rings. The molecule has 0 bridgehead atoms. The number of unbranched alkanes of at least 4 members (excludes halogenated alkanes) is 2. The molecule has 0 aromatic heterocycles. The Hall–Kier alpha value is -1.98. The summed E-state index contributed by atoms with van der Waals surface area (Å²) in [6, 6.07) is 0. The van der Waals surface area contributed by atoms with Crippen molar-refractivity contribution in [2.45, 2.75) is 64.0 Å². The number of hydrogen-bond acceptors (Lipinski definition) is 8. The first-order valence-corrected chi connectivity index (χ1v) is 13.0. The highest BCUT2D eigenvalue weighted by Gasteiger charge is 2.38. The van der Waals surface area contributed by atoms with Crippen LogP contribution < -0.4 is 10.6 Å². The van der Waals surface area contributed by atoms with Crippen LogP contribution in [-0.2, 0) is 33.4 Å². The molecular formula is C23H39N3O7S. The highest BCUT2D eigenvalue weighted by Crippen LogP contribution is 2.25. The molecule has 194 valence electrons. The lowest BCUT2D eigenvalue weighted by Gasteiger charge is -2.14. The van der Waals surface area contributed by atoms with Crippen molar-refractivity contribution in [1.29, 1.82) is 0 Å². The first-order chi connectivity index (χ1) is 16.3. The molecule has 2 N–H and O–H groups in total. The molecule has 4 amide bonds. The zero-order valence-electron chi connectivity index (χ0n) is 20.4. The third kappa shape index (κ3) is 13.7. The van der Waals surface area contributed by atoms with Gasteiger partial charge in [0, 0.05) is 51.1 Å². The molecule has 0 aromatic rings. The second-order valence-electron chi connectivity index (χ2n) is 8.03. The molecule has 0 spiro atoms. The van der Waals surface area contributed by atoms with Crippen molar-refractivity contribution in [3.8, 4) is 0 Å². The van der Waals surface area contributed by atoms with Crippen LogP contribution in [0.15, 0.2) is 0 Å². The minimum atomic E-state index is -0.467. The van der Waals surface area contributed by atoms with Crippen LogP contribution in [0.5, 0.6) is 0 Å². The number of nitrogens with zero attached hydrogens (tertiary/aromatic N) is 1. The van der Waals surface area contributed by atoms with Crippen molar-refractivity contribution in [2.24, 2.45) is 0 Å². The van der Waals surface area contributed by atoms with Gasteiger partial charge in [0.1, 0.15) is 5.78 Å². The van der Waals surface area contributed by atoms with Crippen LogP contribution in [-0.4, -0.2) is 91.4 Å². The van der Waals surface area contributed by atoms with Gasteiger partial charge in [0.05, 0.1) is 31.7 Å². The Kier molecular flexibility index (Phi) is 16.2. The van der Waals surface area contributed by atoms with Crippen LogP contribution in [0.2, 0.25) is 0 Å². The molecular weight excluding hydrogens is 462 g/mol. The quantitative estimate of drug-likeness (QED) is 0.187. The van der Waals surface area contributed by atoms with Crippen LogP contribution in [0, 0.1) is 0 Å². The molecule has 0 aliphatic carbocycles. The maximum atomic E-state index is 12.3. The zero-order valence-corrected chi connectivity index (χ0v) is 21.2. The van der Waals surface area contributed by atoms with Crippen molar-refractivity contribution in [3.05, 3.63) is 0 Å². The first-order valence-electron chi connectivity index (χ1n) is 12.0. The van der Waals surface area contributed by atoms with Gasteiger partial charge in [0.15, 0.2) is 0 Å². The summed E-state index contributed by atoms with van der Waals surface area (Å²) >= 11 is 1.31. The van der Waals surface area contributed by atoms with E-state index in [2.05, 4.69) is 17.6 Å². The van der Waals surface area contributed by atoms with E-state index in [1.54, 1.807) is 0 Å². The van der Waals surface area contributed by atoms with Crippen LogP contribution >= 0.6 is 11.8 Å². The molecule has 1 unspecified atom stereocenters. The lowest BCUT2D eigenvalue weighted by atomic mass is 10.2. The van der Waals surface area contributed by atoms with E-state index in [0.29, 0.717) is 58.1 Å². The number of ketones is 1. The van der Waals surface area contributed by atoms with Gasteiger partial charge in [-0.25, -0.2) is 0 Å². The van der Waals surface area contributed by atoms with E-state index in [-0.39, 0.29) is 48.8 Å². The number of likely N-dealkylation sites (tertiary alicyclic amines) is 1. The number of imide groups is 1. The summed E-state index contributed by atoms with van der Waals surface area (Å²) in [5.41, 5.74) is 0. The number of ether oxygens (including phenoxy) is 2. The average molecular weight is 502 g/mol. The minimum Gasteiger partial charge on any atom is -0.379 e. The molecule has 1 fully saturated rings. The number of hydrogen-bond donors (Lipinski definition) is 2. The molecule has 1 aliphatic heterocycles. The zero-order chi connectivity index (χ0) is 25.2. The van der Waals surface area contributed by atoms with Gasteiger partial charge < -0.3 is 20.1 Å². The number of amides is 4. The Balaban J connectivity index is 2.01. The highest BCUT2D eigenvalue weighted by atomic mass is 32.2. The summed E-state index contributed by atoms with van der Waals surface area (Å²) < 4.78 is 10.7. The van der Waals surface area contributed by atoms with E-state index in [0.717, 1.165) is 24.2 Å². The summed E-state index contributed by atoms with van der Waals surface area (Å²) in [4.78, 5) is 60.1. The normalized spacial score (nSPS) is 15.6. The van der Waals surface area contributed by atoms with Gasteiger partial charge in [-0.2, -0.15) is 0 Å². The second kappa shape index (κ2) is 18.4. The van der Waals surface area contributed by atoms with Crippen LogP contribution in [0.1, 0.15) is 58.8 Å². The van der Waals surface area contributed by atoms with Gasteiger partial charge in [0.25, 0.3) is 0 Å². The fourth-order valence-corrected chi connectivity index (χ4v) is 4.33. The fraction of sp³-hybridized carbons (Fsp3) is 0.783. The lowest BCUT2D eigenvalue weighted by Crippen LogP contribution is -2.36. The Labute approximate surface area is 206 Å². The minimum absolute atomic E-state index is 0.0145. The number of rotatable bonds is 20. The van der Waals surface area contributed by atoms with Crippen LogP contribution in [0.3, 0.4) is 0 Å². The monoisotopic (exact) mass is 501 g/mol. The van der Waals surface area contributed by atoms with E-state index >= 15 is 0 Å². The SMILES string of the molecule is CCCCCNC(=O)CCOCCOCCNC(=O)CCN1C(=O)CC(SCCC(C)=O)C1=O. The number of thioether (sulfide) groups is 1. The summed E-state index contributed by atoms with van der Waals surface area (Å²) in [6.45, 7) is 6.03. The van der Waals surface area contributed by atoms with Gasteiger partial charge in [-0.05, 0) is 13.3 Å². The Morgan fingerprint density at radius 2 is 1.62 bits per heavy atom. The van der Waals surface area contributed by atoms with E-state index in [1.165, 1.54) is 18.7 Å². The van der Waals surface area contributed by atoms with Crippen molar-refractivity contribution in [2.75, 3.05) is 51.8 Å². The van der Waals surface area contributed by atoms with Gasteiger partial charge in [-0.15, -0.1) is 11.8 Å². The molecule has 1 heterocycles. The van der Waals surface area contributed by atoms with Crippen LogP contribution in [0.25, 0.3) is 0 Å². The number of carbonyl (C=O) groups excluding carboxylic acids is 5. The summed E-state index contributed by atoms with van der Waals surface area (Å²) in [6.07, 6.45) is 4.06. The van der Waals surface area contributed by atoms with E-state index in [1.807, 2.05) is 0 Å². The molecule has 11 heteroatoms. The smallest absolute Gasteiger partial charge is 0.242 e. The predicted octanol–water partition coefficient (Wildman–Crippen LogP) is 1.06. The standard InChI is InChI=1S/C23H39N3O7S/c1-3-4-5-9-24-21(29)7-12-32-14-15-33-13-10-25-20(28)6-11-26-22(30)17-19(23(26)31)34-16-8-18(2)27/h19H,3-17H2,1-2H3,(H,24,29)(H,25,28). The van der Waals surface area contributed by atoms with Crippen molar-refractivity contribution in [1.82, 2.24) is 15.5 Å². The number of nitrogens with one attached hydrogen (secondary N) is 2. The topological polar surface area (TPSA) is 131 Å². The van der Waals surface area contributed by atoms with Gasteiger partial charge in [-0.3, -0.25) is 28.9 Å². The fourth-order valence-electron chi connectivity index (χ4n) is 3.11. The van der Waals surface area contributed by atoms with E-state index < -0.39 is 5.25 Å². The van der Waals surface area contributed by atoms with Crippen molar-refractivity contribution >= 4 is 41.2 Å². The Morgan fingerprint density at radius 3 is 2.32 bits per heavy atom. The third-order valence-electron chi connectivity index (χ3n) is 5.05. The van der Waals surface area contributed by atoms with E-state index in [4.69, 9.17) is 9.47 Å². The predicted molar refractivity (Wildman–Crippen MR) is 129 cm³/mol. The third-order valence-corrected chi connectivity index (χ3v) is 6.27. The highest BCUT2D eigenvalue weighted by molar-refractivity contribution is 8.00. The molecule has 1 atom stereocenters. The molecule has 10 nitrogen and oxygen atoms in total. The van der Waals surface area contributed by atoms with Gasteiger partial charge in [-0.1, -0.05) is 19.8 Å². The molecule has 0 aromatic carbocycles. The summed E-state index contributed by atoms with van der Waals surface area (Å²) in [5.74, 6) is -0.296. The van der Waals surface area contributed by atoms with Crippen molar-refractivity contribution in [3.63, 3.8) is 0 Å². The van der Waals surface area contributed by atoms with Crippen molar-refractivity contribution < 1.29 is 33.4 Å². The number of Topliss-reactive ketones (excluding diaryl/α,β-unsaturated/α-hetero) is 1. The Bertz CT molecular complexity index is 675. The summed E-state index contributed by atoms with van der Waals surface area (Å²) in [7, 11) is 0. The maximum absolute atomic E-state index is 12.3. The molecule has 1 rings (SSSR count). The number of carbonyl (C=O) groups is 5. The molecule has 0 saturated carbocycles. The first kappa shape index (κ1) is 30.1. The molecule has 1 saturated heterocycles. The summed E-state index contributed by atoms with van der Waals surface area (Å²) in [5, 5.41) is 5.07. The van der Waals surface area contributed by atoms with Crippen LogP contribution in [0.4, 0.5) is 0 Å². The maximum Gasteiger partial charge on any atom is 0.242 e. The Morgan fingerprint density at radius 1 is 0.941 bits per heavy atom. The second-order valence-corrected chi connectivity index (χ2v) is 9.34. The largest absolute Gasteiger partial charge is 0.379 e. The average Bonchev–Trinajstić information content (AvgIpc) is 3.06. The van der Waals surface area contributed by atoms with E-state index in [9.17, 15) is 24.0 Å². The molecule has 0 radical (unpaired) electrons. The lowest BCUT2D eigenvalue weighted by molar-refractivity contribution is -0.138.